The first-order chi connectivity index (χ1) is 18.7. The van der Waals surface area contributed by atoms with Gasteiger partial charge in [0, 0.05) is 43.8 Å². The Labute approximate surface area is 241 Å². The molecule has 0 saturated carbocycles. The van der Waals surface area contributed by atoms with E-state index in [1.165, 1.54) is 18.3 Å². The van der Waals surface area contributed by atoms with Crippen LogP contribution in [-0.2, 0) is 4.79 Å². The molecular formula is C24H20Cl4N8O3. The van der Waals surface area contributed by atoms with Gasteiger partial charge in [-0.25, -0.2) is 14.3 Å². The van der Waals surface area contributed by atoms with E-state index in [0.29, 0.717) is 31.9 Å². The summed E-state index contributed by atoms with van der Waals surface area (Å²) in [6.07, 6.45) is 1.33. The number of rotatable bonds is 6. The molecule has 0 unspecified atom stereocenters. The number of H-pyrrole nitrogens is 1. The molecule has 5 rings (SSSR count). The zero-order valence-corrected chi connectivity index (χ0v) is 23.1. The van der Waals surface area contributed by atoms with E-state index >= 15 is 0 Å². The minimum absolute atomic E-state index is 0.0555. The Hall–Kier alpha value is -3.35. The van der Waals surface area contributed by atoms with Crippen LogP contribution in [0.3, 0.4) is 0 Å². The summed E-state index contributed by atoms with van der Waals surface area (Å²) in [5, 5.41) is 3.47. The van der Waals surface area contributed by atoms with Crippen molar-refractivity contribution in [2.75, 3.05) is 42.9 Å². The van der Waals surface area contributed by atoms with Gasteiger partial charge in [0.2, 0.25) is 11.9 Å². The molecule has 0 bridgehead atoms. The number of carbonyl (C=O) groups excluding carboxylic acids is 1. The number of aromatic amines is 1. The second-order valence-corrected chi connectivity index (χ2v) is 10.4. The molecule has 0 radical (unpaired) electrons. The van der Waals surface area contributed by atoms with Gasteiger partial charge in [-0.1, -0.05) is 29.3 Å². The molecule has 0 spiro atoms. The maximum absolute atomic E-state index is 13.1. The minimum atomic E-state index is -0.735. The summed E-state index contributed by atoms with van der Waals surface area (Å²) >= 11 is 23.5. The number of hydrogen-bond acceptors (Lipinski definition) is 8. The van der Waals surface area contributed by atoms with Crippen LogP contribution >= 0.6 is 46.8 Å². The first-order valence-corrected chi connectivity index (χ1v) is 13.1. The zero-order chi connectivity index (χ0) is 27.7. The molecule has 0 atom stereocenters. The van der Waals surface area contributed by atoms with E-state index < -0.39 is 11.2 Å². The fraction of sp³-hybridized carbons (Fsp3) is 0.208. The van der Waals surface area contributed by atoms with Crippen LogP contribution in [0.25, 0.3) is 16.7 Å². The van der Waals surface area contributed by atoms with Gasteiger partial charge in [-0.15, -0.1) is 3.94 Å². The Balaban J connectivity index is 1.31. The molecule has 2 aromatic heterocycles. The number of halogens is 4. The molecule has 0 aliphatic carbocycles. The number of para-hydroxylation sites is 1. The Bertz CT molecular complexity index is 1630. The van der Waals surface area contributed by atoms with Crippen LogP contribution in [-0.4, -0.2) is 67.0 Å². The fourth-order valence-corrected chi connectivity index (χ4v) is 5.04. The topological polar surface area (TPSA) is 119 Å². The summed E-state index contributed by atoms with van der Waals surface area (Å²) in [5.41, 5.74) is 0.463. The number of aromatic nitrogens is 4. The van der Waals surface area contributed by atoms with E-state index in [1.807, 2.05) is 24.3 Å². The van der Waals surface area contributed by atoms with Crippen LogP contribution in [0.4, 0.5) is 17.3 Å². The molecule has 39 heavy (non-hydrogen) atoms. The quantitative estimate of drug-likeness (QED) is 0.317. The van der Waals surface area contributed by atoms with Crippen molar-refractivity contribution < 1.29 is 4.79 Å². The summed E-state index contributed by atoms with van der Waals surface area (Å²) in [6.45, 7) is 2.41. The Kier molecular flexibility index (Phi) is 7.96. The molecule has 1 fully saturated rings. The van der Waals surface area contributed by atoms with Gasteiger partial charge < -0.3 is 15.1 Å². The van der Waals surface area contributed by atoms with Crippen molar-refractivity contribution in [2.45, 2.75) is 0 Å². The van der Waals surface area contributed by atoms with Gasteiger partial charge in [-0.2, -0.15) is 4.98 Å². The number of fused-ring (bicyclic) bond motifs is 1. The Morgan fingerprint density at radius 1 is 1.00 bits per heavy atom. The fourth-order valence-electron chi connectivity index (χ4n) is 4.27. The largest absolute Gasteiger partial charge is 0.368 e. The average molecular weight is 610 g/mol. The third-order valence-corrected chi connectivity index (χ3v) is 7.04. The lowest BCUT2D eigenvalue weighted by molar-refractivity contribution is -0.131. The van der Waals surface area contributed by atoms with Crippen LogP contribution in [0.5, 0.6) is 0 Å². The number of anilines is 3. The van der Waals surface area contributed by atoms with E-state index in [0.717, 1.165) is 14.2 Å². The standard InChI is InChI=1S/C24H20Cl4N8O3/c25-17-2-1-3-18(26)20(17)36-22(38)16-12-29-23(31-21(16)32-24(36)39)30-14-4-6-15(7-5-14)33-8-10-34(11-9-33)19(37)13-35(27)28/h1-7,12H,8-11,13H2,(H2,29,30,31,32,39). The molecule has 2 N–H and O–H groups in total. The highest BCUT2D eigenvalue weighted by atomic mass is 35.5. The van der Waals surface area contributed by atoms with Crippen molar-refractivity contribution >= 4 is 81.0 Å². The molecule has 202 valence electrons. The number of piperazine rings is 1. The van der Waals surface area contributed by atoms with Crippen LogP contribution in [0.2, 0.25) is 10.0 Å². The molecule has 11 nitrogen and oxygen atoms in total. The van der Waals surface area contributed by atoms with E-state index in [9.17, 15) is 14.4 Å². The second kappa shape index (κ2) is 11.4. The van der Waals surface area contributed by atoms with E-state index in [4.69, 9.17) is 46.8 Å². The van der Waals surface area contributed by atoms with Gasteiger partial charge >= 0.3 is 5.69 Å². The van der Waals surface area contributed by atoms with Gasteiger partial charge in [0.05, 0.1) is 15.7 Å². The van der Waals surface area contributed by atoms with Crippen molar-refractivity contribution in [2.24, 2.45) is 0 Å². The monoisotopic (exact) mass is 608 g/mol. The van der Waals surface area contributed by atoms with E-state index in [2.05, 4.69) is 25.2 Å². The third kappa shape index (κ3) is 5.82. The zero-order valence-electron chi connectivity index (χ0n) is 20.1. The smallest absolute Gasteiger partial charge is 0.334 e. The summed E-state index contributed by atoms with van der Waals surface area (Å²) in [5.74, 6) is 0.0705. The predicted molar refractivity (Wildman–Crippen MR) is 153 cm³/mol. The lowest BCUT2D eigenvalue weighted by Crippen LogP contribution is -2.50. The molecule has 2 aromatic carbocycles. The molecular weight excluding hydrogens is 590 g/mol. The van der Waals surface area contributed by atoms with Gasteiger partial charge in [0.15, 0.2) is 5.65 Å². The summed E-state index contributed by atoms with van der Waals surface area (Å²) in [4.78, 5) is 53.0. The molecule has 1 amide bonds. The predicted octanol–water partition coefficient (Wildman–Crippen LogP) is 3.78. The summed E-state index contributed by atoms with van der Waals surface area (Å²) in [7, 11) is 0. The maximum Gasteiger partial charge on any atom is 0.334 e. The van der Waals surface area contributed by atoms with Crippen molar-refractivity contribution in [3.05, 3.63) is 79.5 Å². The molecule has 1 saturated heterocycles. The number of nitrogens with zero attached hydrogens (tertiary/aromatic N) is 6. The van der Waals surface area contributed by atoms with E-state index in [1.54, 1.807) is 11.0 Å². The van der Waals surface area contributed by atoms with Crippen molar-refractivity contribution in [1.29, 1.82) is 0 Å². The van der Waals surface area contributed by atoms with Crippen molar-refractivity contribution in [3.63, 3.8) is 0 Å². The number of benzene rings is 2. The molecule has 15 heteroatoms. The highest BCUT2D eigenvalue weighted by molar-refractivity contribution is 6.37. The van der Waals surface area contributed by atoms with Gasteiger partial charge in [-0.3, -0.25) is 14.6 Å². The first-order valence-electron chi connectivity index (χ1n) is 11.7. The van der Waals surface area contributed by atoms with Crippen LogP contribution in [0.1, 0.15) is 0 Å². The van der Waals surface area contributed by atoms with Crippen molar-refractivity contribution in [3.8, 4) is 5.69 Å². The third-order valence-electron chi connectivity index (χ3n) is 6.19. The van der Waals surface area contributed by atoms with Gasteiger partial charge in [0.25, 0.3) is 5.56 Å². The van der Waals surface area contributed by atoms with Crippen molar-refractivity contribution in [1.82, 2.24) is 28.4 Å². The maximum atomic E-state index is 13.1. The Morgan fingerprint density at radius 3 is 2.31 bits per heavy atom. The molecule has 4 aromatic rings. The Morgan fingerprint density at radius 2 is 1.67 bits per heavy atom. The number of amides is 1. The number of nitrogens with one attached hydrogen (secondary N) is 2. The average Bonchev–Trinajstić information content (AvgIpc) is 2.90. The summed E-state index contributed by atoms with van der Waals surface area (Å²) in [6, 6.07) is 12.3. The van der Waals surface area contributed by atoms with Crippen LogP contribution in [0, 0.1) is 0 Å². The number of carbonyl (C=O) groups is 1. The van der Waals surface area contributed by atoms with Gasteiger partial charge in [0.1, 0.15) is 11.9 Å². The second-order valence-electron chi connectivity index (χ2n) is 8.60. The number of hydrogen-bond donors (Lipinski definition) is 2. The first kappa shape index (κ1) is 27.2. The molecule has 1 aliphatic rings. The van der Waals surface area contributed by atoms with Crippen LogP contribution in [0.15, 0.2) is 58.3 Å². The normalized spacial score (nSPS) is 13.8. The SMILES string of the molecule is O=C(CN(Cl)Cl)N1CCN(c2ccc(Nc3ncc4c(=O)n(-c5c(Cl)cccc5Cl)c(=O)[nH]c4n3)cc2)CC1. The highest BCUT2D eigenvalue weighted by Crippen LogP contribution is 2.27. The molecule has 3 heterocycles. The highest BCUT2D eigenvalue weighted by Gasteiger charge is 2.22. The van der Waals surface area contributed by atoms with E-state index in [-0.39, 0.29) is 45.2 Å². The molecule has 1 aliphatic heterocycles. The lowest BCUT2D eigenvalue weighted by atomic mass is 10.2. The summed E-state index contributed by atoms with van der Waals surface area (Å²) < 4.78 is 1.69. The minimum Gasteiger partial charge on any atom is -0.368 e. The lowest BCUT2D eigenvalue weighted by Gasteiger charge is -2.36. The van der Waals surface area contributed by atoms with Crippen LogP contribution < -0.4 is 21.5 Å². The van der Waals surface area contributed by atoms with Gasteiger partial charge in [-0.05, 0) is 60.0 Å².